The van der Waals surface area contributed by atoms with E-state index in [1.165, 1.54) is 36.5 Å². The zero-order valence-corrected chi connectivity index (χ0v) is 18.5. The number of ether oxygens (including phenoxy) is 1. The highest BCUT2D eigenvalue weighted by atomic mass is 35.5. The van der Waals surface area contributed by atoms with Crippen LogP contribution in [0.3, 0.4) is 0 Å². The van der Waals surface area contributed by atoms with Gasteiger partial charge in [0, 0.05) is 18.0 Å². The number of carbonyl (C=O) groups is 2. The molecule has 0 spiro atoms. The van der Waals surface area contributed by atoms with Crippen molar-refractivity contribution in [3.05, 3.63) is 60.2 Å². The quantitative estimate of drug-likeness (QED) is 0.523. The first-order valence-electron chi connectivity index (χ1n) is 10.2. The van der Waals surface area contributed by atoms with Crippen LogP contribution in [0.4, 0.5) is 21.6 Å². The minimum absolute atomic E-state index is 0.0248. The average molecular weight is 470 g/mol. The maximum atomic E-state index is 14.4. The minimum atomic E-state index is -0.610. The van der Waals surface area contributed by atoms with Gasteiger partial charge < -0.3 is 20.3 Å². The van der Waals surface area contributed by atoms with Crippen LogP contribution in [0.2, 0.25) is 5.02 Å². The number of hydrogen-bond acceptors (Lipinski definition) is 6. The van der Waals surface area contributed by atoms with Gasteiger partial charge in [-0.3, -0.25) is 9.59 Å². The standard InChI is InChI=1S/C23H21ClFN5O3/c1-3-20(31)30-9-5-8-18(30)23(32)29-17-10-13-16(11-19(17)33-2)26-12-27-22(13)28-15-7-4-6-14(24)21(15)25/h3-4,6-7,10-12,18H,1,5,8-9H2,2H3,(H,29,32)(H,26,27,28)/t18-/m0/s1. The fourth-order valence-electron chi connectivity index (χ4n) is 3.81. The van der Waals surface area contributed by atoms with Gasteiger partial charge in [0.05, 0.1) is 29.0 Å². The molecule has 10 heteroatoms. The van der Waals surface area contributed by atoms with Crippen LogP contribution in [0.1, 0.15) is 12.8 Å². The van der Waals surface area contributed by atoms with E-state index in [-0.39, 0.29) is 22.5 Å². The van der Waals surface area contributed by atoms with Gasteiger partial charge in [-0.05, 0) is 37.1 Å². The number of amides is 2. The van der Waals surface area contributed by atoms with E-state index >= 15 is 0 Å². The number of hydrogen-bond donors (Lipinski definition) is 2. The van der Waals surface area contributed by atoms with Crippen LogP contribution < -0.4 is 15.4 Å². The summed E-state index contributed by atoms with van der Waals surface area (Å²) in [6, 6.07) is 7.28. The molecule has 4 rings (SSSR count). The van der Waals surface area contributed by atoms with Crippen molar-refractivity contribution in [3.8, 4) is 5.75 Å². The Bertz CT molecular complexity index is 1250. The van der Waals surface area contributed by atoms with Crippen molar-refractivity contribution in [2.24, 2.45) is 0 Å². The third-order valence-electron chi connectivity index (χ3n) is 5.43. The largest absolute Gasteiger partial charge is 0.494 e. The molecular formula is C23H21ClFN5O3. The molecule has 2 heterocycles. The van der Waals surface area contributed by atoms with E-state index in [2.05, 4.69) is 27.2 Å². The number of nitrogens with zero attached hydrogens (tertiary/aromatic N) is 3. The monoisotopic (exact) mass is 469 g/mol. The Hall–Kier alpha value is -3.72. The molecule has 1 saturated heterocycles. The number of nitrogens with one attached hydrogen (secondary N) is 2. The third-order valence-corrected chi connectivity index (χ3v) is 5.72. The van der Waals surface area contributed by atoms with E-state index in [9.17, 15) is 14.0 Å². The Morgan fingerprint density at radius 2 is 2.12 bits per heavy atom. The number of rotatable bonds is 6. The fourth-order valence-corrected chi connectivity index (χ4v) is 3.99. The first-order chi connectivity index (χ1) is 15.9. The maximum Gasteiger partial charge on any atom is 0.247 e. The van der Waals surface area contributed by atoms with Crippen molar-refractivity contribution >= 4 is 51.5 Å². The summed E-state index contributed by atoms with van der Waals surface area (Å²) in [4.78, 5) is 35.1. The van der Waals surface area contributed by atoms with Crippen LogP contribution in [0.15, 0.2) is 49.3 Å². The number of methoxy groups -OCH3 is 1. The van der Waals surface area contributed by atoms with Crippen molar-refractivity contribution in [3.63, 3.8) is 0 Å². The van der Waals surface area contributed by atoms with Gasteiger partial charge in [-0.15, -0.1) is 0 Å². The van der Waals surface area contributed by atoms with Gasteiger partial charge in [-0.25, -0.2) is 14.4 Å². The van der Waals surface area contributed by atoms with Crippen LogP contribution in [-0.2, 0) is 9.59 Å². The Morgan fingerprint density at radius 3 is 2.88 bits per heavy atom. The topological polar surface area (TPSA) is 96.5 Å². The fraction of sp³-hybridized carbons (Fsp3) is 0.217. The normalized spacial score (nSPS) is 15.4. The molecule has 0 saturated carbocycles. The van der Waals surface area contributed by atoms with Gasteiger partial charge in [-0.1, -0.05) is 24.2 Å². The minimum Gasteiger partial charge on any atom is -0.494 e. The van der Waals surface area contributed by atoms with Crippen molar-refractivity contribution in [2.75, 3.05) is 24.3 Å². The number of aromatic nitrogens is 2. The molecule has 2 N–H and O–H groups in total. The summed E-state index contributed by atoms with van der Waals surface area (Å²) in [5.41, 5.74) is 1.04. The zero-order chi connectivity index (χ0) is 23.5. The van der Waals surface area contributed by atoms with Crippen LogP contribution in [0, 0.1) is 5.82 Å². The lowest BCUT2D eigenvalue weighted by Gasteiger charge is -2.23. The van der Waals surface area contributed by atoms with Crippen molar-refractivity contribution in [2.45, 2.75) is 18.9 Å². The summed E-state index contributed by atoms with van der Waals surface area (Å²) in [5.74, 6) is -0.534. The van der Waals surface area contributed by atoms with E-state index in [0.717, 1.165) is 6.42 Å². The third kappa shape index (κ3) is 4.45. The van der Waals surface area contributed by atoms with Crippen molar-refractivity contribution < 1.29 is 18.7 Å². The molecule has 8 nitrogen and oxygen atoms in total. The lowest BCUT2D eigenvalue weighted by Crippen LogP contribution is -2.42. The van der Waals surface area contributed by atoms with Crippen molar-refractivity contribution in [1.29, 1.82) is 0 Å². The van der Waals surface area contributed by atoms with Gasteiger partial charge in [0.25, 0.3) is 0 Å². The smallest absolute Gasteiger partial charge is 0.247 e. The van der Waals surface area contributed by atoms with Gasteiger partial charge in [0.15, 0.2) is 5.82 Å². The Kier molecular flexibility index (Phi) is 6.41. The summed E-state index contributed by atoms with van der Waals surface area (Å²) < 4.78 is 19.8. The second-order valence-corrected chi connectivity index (χ2v) is 7.81. The number of anilines is 3. The summed E-state index contributed by atoms with van der Waals surface area (Å²) in [6.07, 6.45) is 3.81. The molecule has 33 heavy (non-hydrogen) atoms. The van der Waals surface area contributed by atoms with Crippen LogP contribution in [0.25, 0.3) is 10.9 Å². The molecule has 2 aromatic carbocycles. The highest BCUT2D eigenvalue weighted by Gasteiger charge is 2.33. The van der Waals surface area contributed by atoms with E-state index in [1.807, 2.05) is 0 Å². The summed E-state index contributed by atoms with van der Waals surface area (Å²) in [7, 11) is 1.47. The van der Waals surface area contributed by atoms with Crippen LogP contribution in [0.5, 0.6) is 5.75 Å². The summed E-state index contributed by atoms with van der Waals surface area (Å²) in [5, 5.41) is 6.28. The van der Waals surface area contributed by atoms with Crippen LogP contribution >= 0.6 is 11.6 Å². The second-order valence-electron chi connectivity index (χ2n) is 7.40. The van der Waals surface area contributed by atoms with E-state index < -0.39 is 11.9 Å². The Balaban J connectivity index is 1.69. The Morgan fingerprint density at radius 1 is 1.30 bits per heavy atom. The summed E-state index contributed by atoms with van der Waals surface area (Å²) >= 11 is 5.88. The molecule has 0 bridgehead atoms. The SMILES string of the molecule is C=CC(=O)N1CCC[C@H]1C(=O)Nc1cc2c(Nc3cccc(Cl)c3F)ncnc2cc1OC. The van der Waals surface area contributed by atoms with E-state index in [4.69, 9.17) is 16.3 Å². The molecule has 0 aliphatic carbocycles. The first kappa shape index (κ1) is 22.5. The van der Waals surface area contributed by atoms with Gasteiger partial charge in [0.1, 0.15) is 23.9 Å². The molecule has 1 aromatic heterocycles. The molecule has 0 radical (unpaired) electrons. The van der Waals surface area contributed by atoms with Crippen molar-refractivity contribution in [1.82, 2.24) is 14.9 Å². The zero-order valence-electron chi connectivity index (χ0n) is 17.8. The molecule has 0 unspecified atom stereocenters. The lowest BCUT2D eigenvalue weighted by atomic mass is 10.1. The van der Waals surface area contributed by atoms with Gasteiger partial charge in [-0.2, -0.15) is 0 Å². The predicted octanol–water partition coefficient (Wildman–Crippen LogP) is 4.29. The number of likely N-dealkylation sites (tertiary alicyclic amines) is 1. The molecule has 1 aliphatic rings. The molecule has 1 aliphatic heterocycles. The maximum absolute atomic E-state index is 14.4. The van der Waals surface area contributed by atoms with Crippen LogP contribution in [-0.4, -0.2) is 46.4 Å². The Labute approximate surface area is 194 Å². The first-order valence-corrected chi connectivity index (χ1v) is 10.6. The molecule has 2 amide bonds. The predicted molar refractivity (Wildman–Crippen MR) is 124 cm³/mol. The van der Waals surface area contributed by atoms with Gasteiger partial charge in [0.2, 0.25) is 11.8 Å². The lowest BCUT2D eigenvalue weighted by molar-refractivity contribution is -0.132. The van der Waals surface area contributed by atoms with E-state index in [1.54, 1.807) is 18.2 Å². The molecule has 1 fully saturated rings. The molecule has 1 atom stereocenters. The molecular weight excluding hydrogens is 449 g/mol. The number of carbonyl (C=O) groups excluding carboxylic acids is 2. The molecule has 3 aromatic rings. The van der Waals surface area contributed by atoms with E-state index in [0.29, 0.717) is 41.1 Å². The number of fused-ring (bicyclic) bond motifs is 1. The summed E-state index contributed by atoms with van der Waals surface area (Å²) in [6.45, 7) is 3.99. The number of benzene rings is 2. The average Bonchev–Trinajstić information content (AvgIpc) is 3.31. The highest BCUT2D eigenvalue weighted by Crippen LogP contribution is 2.34. The molecule has 170 valence electrons. The highest BCUT2D eigenvalue weighted by molar-refractivity contribution is 6.31. The van der Waals surface area contributed by atoms with Gasteiger partial charge >= 0.3 is 0 Å². The second kappa shape index (κ2) is 9.41. The number of halogens is 2.